The van der Waals surface area contributed by atoms with Gasteiger partial charge in [-0.05, 0) is 61.7 Å². The van der Waals surface area contributed by atoms with Crippen molar-refractivity contribution in [3.05, 3.63) is 65.7 Å². The molecule has 148 valence electrons. The van der Waals surface area contributed by atoms with Gasteiger partial charge >= 0.3 is 0 Å². The molecule has 2 aliphatic rings. The number of likely N-dealkylation sites (tertiary alicyclic amines) is 2. The molecule has 1 amide bonds. The molecule has 0 bridgehead atoms. The number of carbonyl (C=O) groups excluding carboxylic acids is 1. The molecule has 2 aromatic rings. The second-order valence-electron chi connectivity index (χ2n) is 8.08. The van der Waals surface area contributed by atoms with Crippen molar-refractivity contribution in [2.75, 3.05) is 39.8 Å². The molecule has 0 radical (unpaired) electrons. The van der Waals surface area contributed by atoms with E-state index in [9.17, 15) is 4.79 Å². The van der Waals surface area contributed by atoms with Crippen LogP contribution in [0, 0.1) is 5.92 Å². The minimum absolute atomic E-state index is 0.129. The molecular formula is C24H30N2O2. The molecule has 4 rings (SSSR count). The van der Waals surface area contributed by atoms with Crippen molar-refractivity contribution in [1.29, 1.82) is 0 Å². The van der Waals surface area contributed by atoms with E-state index in [1.54, 1.807) is 7.11 Å². The number of ether oxygens (including phenoxy) is 1. The normalized spacial score (nSPS) is 23.0. The van der Waals surface area contributed by atoms with E-state index in [0.717, 1.165) is 30.9 Å². The molecule has 0 aliphatic carbocycles. The Labute approximate surface area is 168 Å². The topological polar surface area (TPSA) is 32.8 Å². The van der Waals surface area contributed by atoms with Gasteiger partial charge < -0.3 is 14.5 Å². The molecule has 2 saturated heterocycles. The Morgan fingerprint density at radius 1 is 0.964 bits per heavy atom. The molecule has 28 heavy (non-hydrogen) atoms. The lowest BCUT2D eigenvalue weighted by molar-refractivity contribution is 0.0781. The van der Waals surface area contributed by atoms with Crippen LogP contribution in [0.25, 0.3) is 0 Å². The van der Waals surface area contributed by atoms with Gasteiger partial charge in [0.25, 0.3) is 5.91 Å². The quantitative estimate of drug-likeness (QED) is 0.787. The first-order valence-corrected chi connectivity index (χ1v) is 10.5. The average Bonchev–Trinajstić information content (AvgIpc) is 3.18. The third-order valence-corrected chi connectivity index (χ3v) is 6.23. The van der Waals surface area contributed by atoms with E-state index in [0.29, 0.717) is 11.8 Å². The molecule has 0 spiro atoms. The number of hydrogen-bond acceptors (Lipinski definition) is 3. The van der Waals surface area contributed by atoms with E-state index in [2.05, 4.69) is 35.2 Å². The van der Waals surface area contributed by atoms with Crippen molar-refractivity contribution >= 4 is 5.91 Å². The van der Waals surface area contributed by atoms with Crippen molar-refractivity contribution in [2.45, 2.75) is 25.2 Å². The zero-order valence-electron chi connectivity index (χ0n) is 16.7. The van der Waals surface area contributed by atoms with Gasteiger partial charge in [-0.1, -0.05) is 36.8 Å². The Morgan fingerprint density at radius 2 is 1.68 bits per heavy atom. The molecule has 4 heteroatoms. The maximum absolute atomic E-state index is 13.1. The van der Waals surface area contributed by atoms with Gasteiger partial charge in [-0.15, -0.1) is 0 Å². The average molecular weight is 379 g/mol. The molecule has 0 aromatic heterocycles. The maximum atomic E-state index is 13.1. The van der Waals surface area contributed by atoms with Gasteiger partial charge in [-0.2, -0.15) is 0 Å². The van der Waals surface area contributed by atoms with Crippen LogP contribution in [-0.4, -0.2) is 55.5 Å². The van der Waals surface area contributed by atoms with Crippen LogP contribution in [0.15, 0.2) is 54.6 Å². The number of piperidine rings is 1. The summed E-state index contributed by atoms with van der Waals surface area (Å²) in [7, 11) is 1.65. The summed E-state index contributed by atoms with van der Waals surface area (Å²) in [6, 6.07) is 18.2. The van der Waals surface area contributed by atoms with Crippen LogP contribution in [0.4, 0.5) is 0 Å². The third kappa shape index (κ3) is 4.22. The smallest absolute Gasteiger partial charge is 0.253 e. The molecule has 0 N–H and O–H groups in total. The van der Waals surface area contributed by atoms with Gasteiger partial charge in [0.1, 0.15) is 5.75 Å². The van der Waals surface area contributed by atoms with Crippen LogP contribution >= 0.6 is 0 Å². The lowest BCUT2D eigenvalue weighted by Gasteiger charge is -2.31. The minimum Gasteiger partial charge on any atom is -0.497 e. The highest BCUT2D eigenvalue weighted by atomic mass is 16.5. The summed E-state index contributed by atoms with van der Waals surface area (Å²) >= 11 is 0. The summed E-state index contributed by atoms with van der Waals surface area (Å²) in [5.74, 6) is 1.81. The monoisotopic (exact) mass is 378 g/mol. The largest absolute Gasteiger partial charge is 0.497 e. The van der Waals surface area contributed by atoms with E-state index in [1.807, 2.05) is 29.2 Å². The zero-order chi connectivity index (χ0) is 19.3. The number of carbonyl (C=O) groups is 1. The molecule has 2 heterocycles. The summed E-state index contributed by atoms with van der Waals surface area (Å²) in [6.45, 7) is 5.12. The second kappa shape index (κ2) is 8.78. The lowest BCUT2D eigenvalue weighted by atomic mass is 9.88. The van der Waals surface area contributed by atoms with Crippen LogP contribution in [0.5, 0.6) is 5.75 Å². The van der Waals surface area contributed by atoms with Gasteiger partial charge in [0, 0.05) is 31.1 Å². The fourth-order valence-corrected chi connectivity index (χ4v) is 4.69. The highest BCUT2D eigenvalue weighted by Gasteiger charge is 2.37. The van der Waals surface area contributed by atoms with Crippen LogP contribution in [0.2, 0.25) is 0 Å². The molecule has 2 fully saturated rings. The van der Waals surface area contributed by atoms with Crippen molar-refractivity contribution < 1.29 is 9.53 Å². The Kier molecular flexibility index (Phi) is 5.96. The standard InChI is InChI=1S/C24H30N2O2/c1-28-22-12-10-20(11-13-22)24(27)26-17-21(16-25-14-6-3-7-15-25)23(18-26)19-8-4-2-5-9-19/h2,4-5,8-13,21,23H,3,6-7,14-18H2,1H3. The Hall–Kier alpha value is -2.33. The van der Waals surface area contributed by atoms with Gasteiger partial charge in [-0.3, -0.25) is 4.79 Å². The molecule has 2 unspecified atom stereocenters. The first-order valence-electron chi connectivity index (χ1n) is 10.5. The SMILES string of the molecule is COc1ccc(C(=O)N2CC(CN3CCCCC3)C(c3ccccc3)C2)cc1. The zero-order valence-corrected chi connectivity index (χ0v) is 16.7. The number of benzene rings is 2. The van der Waals surface area contributed by atoms with E-state index < -0.39 is 0 Å². The minimum atomic E-state index is 0.129. The fourth-order valence-electron chi connectivity index (χ4n) is 4.69. The predicted octanol–water partition coefficient (Wildman–Crippen LogP) is 4.04. The predicted molar refractivity (Wildman–Crippen MR) is 112 cm³/mol. The molecule has 0 saturated carbocycles. The van der Waals surface area contributed by atoms with Crippen LogP contribution in [0.3, 0.4) is 0 Å². The molecular weight excluding hydrogens is 348 g/mol. The summed E-state index contributed by atoms with van der Waals surface area (Å²) < 4.78 is 5.22. The maximum Gasteiger partial charge on any atom is 0.253 e. The van der Waals surface area contributed by atoms with Crippen molar-refractivity contribution in [3.63, 3.8) is 0 Å². The Balaban J connectivity index is 1.51. The first kappa shape index (κ1) is 19.0. The summed E-state index contributed by atoms with van der Waals surface area (Å²) in [5, 5.41) is 0. The number of methoxy groups -OCH3 is 1. The number of hydrogen-bond donors (Lipinski definition) is 0. The van der Waals surface area contributed by atoms with Gasteiger partial charge in [0.15, 0.2) is 0 Å². The fraction of sp³-hybridized carbons (Fsp3) is 0.458. The summed E-state index contributed by atoms with van der Waals surface area (Å²) in [5.41, 5.74) is 2.10. The summed E-state index contributed by atoms with van der Waals surface area (Å²) in [4.78, 5) is 17.8. The van der Waals surface area contributed by atoms with Crippen LogP contribution < -0.4 is 4.74 Å². The van der Waals surface area contributed by atoms with Gasteiger partial charge in [-0.25, -0.2) is 0 Å². The highest BCUT2D eigenvalue weighted by molar-refractivity contribution is 5.94. The molecule has 2 atom stereocenters. The van der Waals surface area contributed by atoms with Gasteiger partial charge in [0.05, 0.1) is 7.11 Å². The number of rotatable bonds is 5. The summed E-state index contributed by atoms with van der Waals surface area (Å²) in [6.07, 6.45) is 3.96. The molecule has 4 nitrogen and oxygen atoms in total. The third-order valence-electron chi connectivity index (χ3n) is 6.23. The van der Waals surface area contributed by atoms with E-state index in [1.165, 1.54) is 37.9 Å². The second-order valence-corrected chi connectivity index (χ2v) is 8.08. The van der Waals surface area contributed by atoms with Crippen molar-refractivity contribution in [2.24, 2.45) is 5.92 Å². The van der Waals surface area contributed by atoms with Crippen molar-refractivity contribution in [3.8, 4) is 5.75 Å². The molecule has 2 aliphatic heterocycles. The highest BCUT2D eigenvalue weighted by Crippen LogP contribution is 2.34. The molecule has 2 aromatic carbocycles. The number of nitrogens with zero attached hydrogens (tertiary/aromatic N) is 2. The number of amides is 1. The van der Waals surface area contributed by atoms with E-state index in [4.69, 9.17) is 4.74 Å². The first-order chi connectivity index (χ1) is 13.7. The van der Waals surface area contributed by atoms with E-state index in [-0.39, 0.29) is 5.91 Å². The van der Waals surface area contributed by atoms with Crippen molar-refractivity contribution in [1.82, 2.24) is 9.80 Å². The Morgan fingerprint density at radius 3 is 2.36 bits per heavy atom. The van der Waals surface area contributed by atoms with Gasteiger partial charge in [0.2, 0.25) is 0 Å². The van der Waals surface area contributed by atoms with Crippen LogP contribution in [0.1, 0.15) is 41.1 Å². The van der Waals surface area contributed by atoms with Crippen LogP contribution in [-0.2, 0) is 0 Å². The van der Waals surface area contributed by atoms with E-state index >= 15 is 0 Å². The Bertz CT molecular complexity index is 769. The lowest BCUT2D eigenvalue weighted by Crippen LogP contribution is -2.36.